The van der Waals surface area contributed by atoms with Crippen LogP contribution >= 0.6 is 15.9 Å². The molecule has 0 aliphatic rings. The van der Waals surface area contributed by atoms with E-state index in [1.54, 1.807) is 6.07 Å². The van der Waals surface area contributed by atoms with E-state index in [2.05, 4.69) is 15.9 Å². The first kappa shape index (κ1) is 11.0. The van der Waals surface area contributed by atoms with Crippen LogP contribution in [0.5, 0.6) is 11.5 Å². The van der Waals surface area contributed by atoms with Crippen LogP contribution in [-0.2, 0) is 4.79 Å². The summed E-state index contributed by atoms with van der Waals surface area (Å²) in [6.07, 6.45) is 1.11. The zero-order valence-corrected chi connectivity index (χ0v) is 9.28. The lowest BCUT2D eigenvalue weighted by Gasteiger charge is -2.13. The van der Waals surface area contributed by atoms with Gasteiger partial charge >= 0.3 is 0 Å². The van der Waals surface area contributed by atoms with Crippen LogP contribution in [0, 0.1) is 0 Å². The Balaban J connectivity index is 3.17. The van der Waals surface area contributed by atoms with Crippen LogP contribution in [0.2, 0.25) is 0 Å². The summed E-state index contributed by atoms with van der Waals surface area (Å²) in [6.45, 7) is 1.81. The number of hydrogen-bond acceptors (Lipinski definition) is 3. The van der Waals surface area contributed by atoms with Gasteiger partial charge in [0.2, 0.25) is 0 Å². The van der Waals surface area contributed by atoms with Gasteiger partial charge in [-0.2, -0.15) is 0 Å². The SMILES string of the molecule is CC(CC=O)c1c(Br)ccc(O)c1O. The Morgan fingerprint density at radius 2 is 2.14 bits per heavy atom. The molecule has 3 nitrogen and oxygen atoms in total. The molecule has 4 heteroatoms. The van der Waals surface area contributed by atoms with Gasteiger partial charge in [-0.05, 0) is 18.1 Å². The van der Waals surface area contributed by atoms with Crippen molar-refractivity contribution in [2.45, 2.75) is 19.3 Å². The molecule has 0 aromatic heterocycles. The fraction of sp³-hybridized carbons (Fsp3) is 0.300. The number of carbonyl (C=O) groups is 1. The molecule has 14 heavy (non-hydrogen) atoms. The van der Waals surface area contributed by atoms with Crippen LogP contribution in [0.4, 0.5) is 0 Å². The van der Waals surface area contributed by atoms with Crippen LogP contribution in [0.1, 0.15) is 24.8 Å². The third-order valence-corrected chi connectivity index (χ3v) is 2.78. The summed E-state index contributed by atoms with van der Waals surface area (Å²) in [7, 11) is 0. The number of rotatable bonds is 3. The maximum atomic E-state index is 10.3. The Labute approximate surface area is 90.5 Å². The van der Waals surface area contributed by atoms with E-state index in [1.807, 2.05) is 6.92 Å². The Kier molecular flexibility index (Phi) is 3.52. The second-order valence-corrected chi connectivity index (χ2v) is 3.99. The minimum atomic E-state index is -0.166. The molecule has 0 saturated heterocycles. The van der Waals surface area contributed by atoms with Gasteiger partial charge in [0.05, 0.1) is 0 Å². The summed E-state index contributed by atoms with van der Waals surface area (Å²) in [5.74, 6) is -0.441. The molecule has 1 aromatic rings. The van der Waals surface area contributed by atoms with E-state index in [1.165, 1.54) is 6.07 Å². The van der Waals surface area contributed by atoms with E-state index in [0.29, 0.717) is 16.5 Å². The molecule has 1 aromatic carbocycles. The Morgan fingerprint density at radius 1 is 1.50 bits per heavy atom. The molecule has 0 bridgehead atoms. The normalized spacial score (nSPS) is 12.4. The predicted molar refractivity (Wildman–Crippen MR) is 56.6 cm³/mol. The quantitative estimate of drug-likeness (QED) is 0.647. The molecule has 0 heterocycles. The number of phenols is 2. The van der Waals surface area contributed by atoms with Crippen molar-refractivity contribution in [1.82, 2.24) is 0 Å². The van der Waals surface area contributed by atoms with E-state index < -0.39 is 0 Å². The third kappa shape index (κ3) is 2.07. The monoisotopic (exact) mass is 258 g/mol. The highest BCUT2D eigenvalue weighted by molar-refractivity contribution is 9.10. The molecule has 0 aliphatic heterocycles. The minimum Gasteiger partial charge on any atom is -0.504 e. The smallest absolute Gasteiger partial charge is 0.162 e. The molecular formula is C10H11BrO3. The number of aldehydes is 1. The molecule has 76 valence electrons. The van der Waals surface area contributed by atoms with Crippen LogP contribution in [0.25, 0.3) is 0 Å². The van der Waals surface area contributed by atoms with Gasteiger partial charge in [0.1, 0.15) is 6.29 Å². The van der Waals surface area contributed by atoms with Crippen molar-refractivity contribution in [2.24, 2.45) is 0 Å². The topological polar surface area (TPSA) is 57.5 Å². The Hall–Kier alpha value is -1.03. The number of aromatic hydroxyl groups is 2. The summed E-state index contributed by atoms with van der Waals surface area (Å²) in [5.41, 5.74) is 0.567. The molecule has 0 saturated carbocycles. The van der Waals surface area contributed by atoms with Gasteiger partial charge in [0.15, 0.2) is 11.5 Å². The minimum absolute atomic E-state index is 0.117. The number of benzene rings is 1. The van der Waals surface area contributed by atoms with Crippen molar-refractivity contribution in [1.29, 1.82) is 0 Å². The summed E-state index contributed by atoms with van der Waals surface area (Å²) < 4.78 is 0.696. The van der Waals surface area contributed by atoms with Gasteiger partial charge in [-0.3, -0.25) is 0 Å². The molecule has 0 amide bonds. The maximum Gasteiger partial charge on any atom is 0.162 e. The van der Waals surface area contributed by atoms with Gasteiger partial charge in [0, 0.05) is 16.5 Å². The zero-order chi connectivity index (χ0) is 10.7. The fourth-order valence-corrected chi connectivity index (χ4v) is 2.01. The average molecular weight is 259 g/mol. The molecule has 0 radical (unpaired) electrons. The second-order valence-electron chi connectivity index (χ2n) is 3.13. The average Bonchev–Trinajstić information content (AvgIpc) is 2.13. The highest BCUT2D eigenvalue weighted by Gasteiger charge is 2.16. The number of carbonyl (C=O) groups excluding carboxylic acids is 1. The van der Waals surface area contributed by atoms with Crippen molar-refractivity contribution >= 4 is 22.2 Å². The van der Waals surface area contributed by atoms with Crippen molar-refractivity contribution in [3.8, 4) is 11.5 Å². The van der Waals surface area contributed by atoms with E-state index in [-0.39, 0.29) is 17.4 Å². The number of phenolic OH excluding ortho intramolecular Hbond substituents is 2. The van der Waals surface area contributed by atoms with Crippen LogP contribution < -0.4 is 0 Å². The lowest BCUT2D eigenvalue weighted by atomic mass is 9.97. The predicted octanol–water partition coefficient (Wildman–Crippen LogP) is 2.55. The molecular weight excluding hydrogens is 248 g/mol. The lowest BCUT2D eigenvalue weighted by Crippen LogP contribution is -1.96. The van der Waals surface area contributed by atoms with Crippen molar-refractivity contribution in [3.05, 3.63) is 22.2 Å². The standard InChI is InChI=1S/C10H11BrO3/c1-6(4-5-12)9-7(11)2-3-8(13)10(9)14/h2-3,5-6,13-14H,4H2,1H3. The highest BCUT2D eigenvalue weighted by atomic mass is 79.9. The van der Waals surface area contributed by atoms with Crippen LogP contribution in [0.3, 0.4) is 0 Å². The van der Waals surface area contributed by atoms with Gasteiger partial charge in [-0.25, -0.2) is 0 Å². The number of halogens is 1. The van der Waals surface area contributed by atoms with Crippen LogP contribution in [-0.4, -0.2) is 16.5 Å². The fourth-order valence-electron chi connectivity index (χ4n) is 1.30. The zero-order valence-electron chi connectivity index (χ0n) is 7.70. The third-order valence-electron chi connectivity index (χ3n) is 2.09. The van der Waals surface area contributed by atoms with Gasteiger partial charge in [0.25, 0.3) is 0 Å². The van der Waals surface area contributed by atoms with E-state index in [4.69, 9.17) is 0 Å². The van der Waals surface area contributed by atoms with Gasteiger partial charge in [-0.15, -0.1) is 0 Å². The molecule has 0 spiro atoms. The van der Waals surface area contributed by atoms with Gasteiger partial charge in [-0.1, -0.05) is 22.9 Å². The number of hydrogen-bond donors (Lipinski definition) is 2. The molecule has 0 aliphatic carbocycles. The first-order valence-corrected chi connectivity index (χ1v) is 5.01. The largest absolute Gasteiger partial charge is 0.504 e. The highest BCUT2D eigenvalue weighted by Crippen LogP contribution is 2.39. The van der Waals surface area contributed by atoms with E-state index in [0.717, 1.165) is 6.29 Å². The van der Waals surface area contributed by atoms with Crippen molar-refractivity contribution in [3.63, 3.8) is 0 Å². The Bertz CT molecular complexity index is 349. The summed E-state index contributed by atoms with van der Waals surface area (Å²) in [4.78, 5) is 10.3. The molecule has 1 atom stereocenters. The molecule has 1 rings (SSSR count). The molecule has 1 unspecified atom stereocenters. The molecule has 0 fully saturated rings. The summed E-state index contributed by atoms with van der Waals surface area (Å²) in [5, 5.41) is 18.9. The van der Waals surface area contributed by atoms with Crippen molar-refractivity contribution in [2.75, 3.05) is 0 Å². The first-order chi connectivity index (χ1) is 6.57. The van der Waals surface area contributed by atoms with E-state index in [9.17, 15) is 15.0 Å². The first-order valence-electron chi connectivity index (χ1n) is 4.22. The Morgan fingerprint density at radius 3 is 2.71 bits per heavy atom. The van der Waals surface area contributed by atoms with Crippen LogP contribution in [0.15, 0.2) is 16.6 Å². The summed E-state index contributed by atoms with van der Waals surface area (Å²) in [6, 6.07) is 3.04. The maximum absolute atomic E-state index is 10.3. The van der Waals surface area contributed by atoms with Crippen molar-refractivity contribution < 1.29 is 15.0 Å². The van der Waals surface area contributed by atoms with Gasteiger partial charge < -0.3 is 15.0 Å². The lowest BCUT2D eigenvalue weighted by molar-refractivity contribution is -0.108. The molecule has 2 N–H and O–H groups in total. The summed E-state index contributed by atoms with van der Waals surface area (Å²) >= 11 is 3.26. The second kappa shape index (κ2) is 4.46. The van der Waals surface area contributed by atoms with E-state index >= 15 is 0 Å².